The Morgan fingerprint density at radius 2 is 1.95 bits per heavy atom. The molecule has 104 valence electrons. The molecule has 2 aromatic rings. The fourth-order valence-corrected chi connectivity index (χ4v) is 1.69. The Morgan fingerprint density at radius 1 is 1.20 bits per heavy atom. The maximum absolute atomic E-state index is 11.7. The first kappa shape index (κ1) is 13.7. The summed E-state index contributed by atoms with van der Waals surface area (Å²) in [5.41, 5.74) is 7.60. The normalized spacial score (nSPS) is 9.85. The second-order valence-corrected chi connectivity index (χ2v) is 4.15. The molecule has 5 nitrogen and oxygen atoms in total. The average Bonchev–Trinajstić information content (AvgIpc) is 2.46. The zero-order valence-corrected chi connectivity index (χ0v) is 11.1. The molecule has 20 heavy (non-hydrogen) atoms. The van der Waals surface area contributed by atoms with Gasteiger partial charge in [0.1, 0.15) is 12.4 Å². The van der Waals surface area contributed by atoms with E-state index in [9.17, 15) is 4.79 Å². The number of carbonyl (C=O) groups excluding carboxylic acids is 1. The number of amides is 1. The van der Waals surface area contributed by atoms with Crippen LogP contribution in [-0.2, 0) is 11.3 Å². The molecule has 2 rings (SSSR count). The van der Waals surface area contributed by atoms with Gasteiger partial charge in [-0.15, -0.1) is 0 Å². The van der Waals surface area contributed by atoms with Crippen LogP contribution in [0.2, 0.25) is 0 Å². The predicted molar refractivity (Wildman–Crippen MR) is 77.7 cm³/mol. The van der Waals surface area contributed by atoms with Crippen molar-refractivity contribution in [2.24, 2.45) is 0 Å². The van der Waals surface area contributed by atoms with Crippen molar-refractivity contribution in [3.05, 3.63) is 54.1 Å². The molecule has 0 fully saturated rings. The lowest BCUT2D eigenvalue weighted by atomic mass is 10.2. The molecule has 0 atom stereocenters. The first-order valence-corrected chi connectivity index (χ1v) is 6.10. The Morgan fingerprint density at radius 3 is 2.65 bits per heavy atom. The predicted octanol–water partition coefficient (Wildman–Crippen LogP) is 3.03. The van der Waals surface area contributed by atoms with Crippen LogP contribution < -0.4 is 15.8 Å². The highest BCUT2D eigenvalue weighted by Crippen LogP contribution is 2.26. The van der Waals surface area contributed by atoms with Crippen LogP contribution in [0.25, 0.3) is 0 Å². The lowest BCUT2D eigenvalue weighted by Crippen LogP contribution is -2.14. The first-order valence-electron chi connectivity index (χ1n) is 6.10. The van der Waals surface area contributed by atoms with Crippen molar-refractivity contribution >= 4 is 17.5 Å². The van der Waals surface area contributed by atoms with E-state index < -0.39 is 6.09 Å². The summed E-state index contributed by atoms with van der Waals surface area (Å²) in [5, 5.41) is 2.61. The molecule has 0 aliphatic heterocycles. The fourth-order valence-electron chi connectivity index (χ4n) is 1.69. The van der Waals surface area contributed by atoms with E-state index in [1.54, 1.807) is 18.2 Å². The van der Waals surface area contributed by atoms with Gasteiger partial charge in [-0.05, 0) is 23.8 Å². The number of nitrogen functional groups attached to an aromatic ring is 1. The molecular formula is C15H16N2O3. The van der Waals surface area contributed by atoms with Crippen LogP contribution >= 0.6 is 0 Å². The molecule has 0 saturated heterocycles. The molecule has 1 amide bonds. The van der Waals surface area contributed by atoms with Gasteiger partial charge in [0.2, 0.25) is 0 Å². The number of ether oxygens (including phenoxy) is 2. The molecule has 0 aliphatic carbocycles. The third-order valence-electron chi connectivity index (χ3n) is 2.67. The standard InChI is InChI=1S/C15H16N2O3/c1-19-14-8-7-12(16)9-13(14)17-15(18)20-10-11-5-3-2-4-6-11/h2-9H,10,16H2,1H3,(H,17,18). The second-order valence-electron chi connectivity index (χ2n) is 4.15. The number of benzene rings is 2. The Kier molecular flexibility index (Phi) is 4.44. The maximum atomic E-state index is 11.7. The van der Waals surface area contributed by atoms with Gasteiger partial charge in [-0.2, -0.15) is 0 Å². The van der Waals surface area contributed by atoms with E-state index in [1.165, 1.54) is 7.11 Å². The van der Waals surface area contributed by atoms with Crippen molar-refractivity contribution < 1.29 is 14.3 Å². The van der Waals surface area contributed by atoms with Crippen LogP contribution in [0.3, 0.4) is 0 Å². The average molecular weight is 272 g/mol. The number of hydrogen-bond donors (Lipinski definition) is 2. The summed E-state index contributed by atoms with van der Waals surface area (Å²) in [7, 11) is 1.52. The zero-order valence-electron chi connectivity index (χ0n) is 11.1. The van der Waals surface area contributed by atoms with E-state index in [-0.39, 0.29) is 6.61 Å². The Labute approximate surface area is 117 Å². The third kappa shape index (κ3) is 3.65. The lowest BCUT2D eigenvalue weighted by Gasteiger charge is -2.11. The topological polar surface area (TPSA) is 73.6 Å². The molecule has 5 heteroatoms. The van der Waals surface area contributed by atoms with Crippen molar-refractivity contribution in [3.63, 3.8) is 0 Å². The van der Waals surface area contributed by atoms with Gasteiger partial charge in [-0.3, -0.25) is 5.32 Å². The maximum Gasteiger partial charge on any atom is 0.412 e. The molecule has 0 unspecified atom stereocenters. The van der Waals surface area contributed by atoms with Crippen molar-refractivity contribution in [2.75, 3.05) is 18.2 Å². The van der Waals surface area contributed by atoms with Gasteiger partial charge in [0, 0.05) is 5.69 Å². The first-order chi connectivity index (χ1) is 9.69. The van der Waals surface area contributed by atoms with E-state index in [0.29, 0.717) is 17.1 Å². The molecule has 0 aromatic heterocycles. The summed E-state index contributed by atoms with van der Waals surface area (Å²) in [6, 6.07) is 14.4. The monoisotopic (exact) mass is 272 g/mol. The summed E-state index contributed by atoms with van der Waals surface area (Å²) >= 11 is 0. The van der Waals surface area contributed by atoms with Gasteiger partial charge in [-0.1, -0.05) is 30.3 Å². The SMILES string of the molecule is COc1ccc(N)cc1NC(=O)OCc1ccccc1. The Hall–Kier alpha value is -2.69. The summed E-state index contributed by atoms with van der Waals surface area (Å²) in [6.45, 7) is 0.206. The number of rotatable bonds is 4. The quantitative estimate of drug-likeness (QED) is 0.839. The Balaban J connectivity index is 1.96. The van der Waals surface area contributed by atoms with Crippen molar-refractivity contribution in [2.45, 2.75) is 6.61 Å². The zero-order chi connectivity index (χ0) is 14.4. The highest BCUT2D eigenvalue weighted by Gasteiger charge is 2.09. The fraction of sp³-hybridized carbons (Fsp3) is 0.133. The van der Waals surface area contributed by atoms with E-state index in [4.69, 9.17) is 15.2 Å². The van der Waals surface area contributed by atoms with Crippen molar-refractivity contribution in [3.8, 4) is 5.75 Å². The summed E-state index contributed by atoms with van der Waals surface area (Å²) in [5.74, 6) is 0.524. The van der Waals surface area contributed by atoms with Crippen molar-refractivity contribution in [1.82, 2.24) is 0 Å². The summed E-state index contributed by atoms with van der Waals surface area (Å²) in [6.07, 6.45) is -0.558. The van der Waals surface area contributed by atoms with Crippen LogP contribution in [0.4, 0.5) is 16.2 Å². The minimum atomic E-state index is -0.558. The molecule has 3 N–H and O–H groups in total. The number of hydrogen-bond acceptors (Lipinski definition) is 4. The van der Waals surface area contributed by atoms with E-state index in [2.05, 4.69) is 5.32 Å². The van der Waals surface area contributed by atoms with Gasteiger partial charge < -0.3 is 15.2 Å². The highest BCUT2D eigenvalue weighted by molar-refractivity contribution is 5.87. The van der Waals surface area contributed by atoms with Crippen LogP contribution in [-0.4, -0.2) is 13.2 Å². The van der Waals surface area contributed by atoms with Gasteiger partial charge in [-0.25, -0.2) is 4.79 Å². The van der Waals surface area contributed by atoms with E-state index in [1.807, 2.05) is 30.3 Å². The number of nitrogens with one attached hydrogen (secondary N) is 1. The summed E-state index contributed by atoms with van der Waals surface area (Å²) in [4.78, 5) is 11.7. The van der Waals surface area contributed by atoms with Gasteiger partial charge >= 0.3 is 6.09 Å². The van der Waals surface area contributed by atoms with Crippen LogP contribution in [0.1, 0.15) is 5.56 Å². The van der Waals surface area contributed by atoms with Gasteiger partial charge in [0.15, 0.2) is 0 Å². The molecule has 2 aromatic carbocycles. The molecule has 0 radical (unpaired) electrons. The lowest BCUT2D eigenvalue weighted by molar-refractivity contribution is 0.155. The van der Waals surface area contributed by atoms with Crippen LogP contribution in [0, 0.1) is 0 Å². The number of nitrogens with two attached hydrogens (primary N) is 1. The smallest absolute Gasteiger partial charge is 0.412 e. The number of anilines is 2. The molecule has 0 saturated carbocycles. The molecule has 0 bridgehead atoms. The molecular weight excluding hydrogens is 256 g/mol. The Bertz CT molecular complexity index is 585. The number of methoxy groups -OCH3 is 1. The van der Waals surface area contributed by atoms with Crippen molar-refractivity contribution in [1.29, 1.82) is 0 Å². The molecule has 0 spiro atoms. The minimum Gasteiger partial charge on any atom is -0.495 e. The van der Waals surface area contributed by atoms with Crippen LogP contribution in [0.5, 0.6) is 5.75 Å². The molecule has 0 heterocycles. The molecule has 0 aliphatic rings. The minimum absolute atomic E-state index is 0.206. The number of carbonyl (C=O) groups is 1. The van der Waals surface area contributed by atoms with Gasteiger partial charge in [0.05, 0.1) is 12.8 Å². The van der Waals surface area contributed by atoms with E-state index >= 15 is 0 Å². The third-order valence-corrected chi connectivity index (χ3v) is 2.67. The largest absolute Gasteiger partial charge is 0.495 e. The highest BCUT2D eigenvalue weighted by atomic mass is 16.5. The van der Waals surface area contributed by atoms with Gasteiger partial charge in [0.25, 0.3) is 0 Å². The van der Waals surface area contributed by atoms with E-state index in [0.717, 1.165) is 5.56 Å². The van der Waals surface area contributed by atoms with Crippen LogP contribution in [0.15, 0.2) is 48.5 Å². The second kappa shape index (κ2) is 6.47. The summed E-state index contributed by atoms with van der Waals surface area (Å²) < 4.78 is 10.3.